The molecule has 0 bridgehead atoms. The number of aliphatic carboxylic acids is 1. The molecule has 0 radical (unpaired) electrons. The highest BCUT2D eigenvalue weighted by molar-refractivity contribution is 5.72. The molecule has 1 fully saturated rings. The molecule has 2 N–H and O–H groups in total. The van der Waals surface area contributed by atoms with Crippen molar-refractivity contribution >= 4 is 12.1 Å². The van der Waals surface area contributed by atoms with Gasteiger partial charge in [-0.25, -0.2) is 4.79 Å². The van der Waals surface area contributed by atoms with Crippen molar-refractivity contribution in [2.45, 2.75) is 57.8 Å². The highest BCUT2D eigenvalue weighted by Gasteiger charge is 2.56. The second-order valence-corrected chi connectivity index (χ2v) is 5.26. The first-order valence-electron chi connectivity index (χ1n) is 6.13. The number of unbranched alkanes of at least 4 members (excludes halogenated alkanes) is 2. The minimum Gasteiger partial charge on any atom is -0.481 e. The number of rotatable bonds is 6. The Morgan fingerprint density at radius 2 is 1.89 bits per heavy atom. The first kappa shape index (κ1) is 14.8. The normalized spacial score (nSPS) is 26.2. The van der Waals surface area contributed by atoms with E-state index in [9.17, 15) is 14.7 Å². The van der Waals surface area contributed by atoms with E-state index in [-0.39, 0.29) is 6.42 Å². The summed E-state index contributed by atoms with van der Waals surface area (Å²) in [6.45, 7) is 5.24. The molecule has 0 aromatic carbocycles. The van der Waals surface area contributed by atoms with Crippen molar-refractivity contribution in [2.24, 2.45) is 0 Å². The van der Waals surface area contributed by atoms with E-state index in [0.29, 0.717) is 25.8 Å². The van der Waals surface area contributed by atoms with Crippen LogP contribution in [0.2, 0.25) is 0 Å². The zero-order valence-corrected chi connectivity index (χ0v) is 11.1. The molecule has 1 atom stereocenters. The summed E-state index contributed by atoms with van der Waals surface area (Å²) in [4.78, 5) is 23.3. The fraction of sp³-hybridized carbons (Fsp3) is 0.833. The van der Waals surface area contributed by atoms with Crippen LogP contribution in [0.25, 0.3) is 0 Å². The van der Waals surface area contributed by atoms with Crippen molar-refractivity contribution in [1.82, 2.24) is 4.90 Å². The van der Waals surface area contributed by atoms with Gasteiger partial charge < -0.3 is 14.9 Å². The van der Waals surface area contributed by atoms with Crippen LogP contribution in [0.15, 0.2) is 0 Å². The molecule has 6 nitrogen and oxygen atoms in total. The molecule has 0 aromatic rings. The minimum atomic E-state index is -1.34. The SMILES string of the molecule is CC1(C)OC(=O)N(CCCCCC(=O)O)[C@@]1(C)O. The molecule has 0 unspecified atom stereocenters. The lowest BCUT2D eigenvalue weighted by Gasteiger charge is -2.34. The smallest absolute Gasteiger partial charge is 0.412 e. The number of carboxylic acid groups (broad SMARTS) is 1. The number of hydrogen-bond donors (Lipinski definition) is 2. The van der Waals surface area contributed by atoms with Gasteiger partial charge in [-0.15, -0.1) is 0 Å². The Bertz CT molecular complexity index is 337. The topological polar surface area (TPSA) is 87.1 Å². The van der Waals surface area contributed by atoms with Gasteiger partial charge in [0.25, 0.3) is 0 Å². The molecule has 1 aliphatic rings. The summed E-state index contributed by atoms with van der Waals surface area (Å²) < 4.78 is 5.11. The third-order valence-corrected chi connectivity index (χ3v) is 3.50. The van der Waals surface area contributed by atoms with Crippen LogP contribution in [0.5, 0.6) is 0 Å². The van der Waals surface area contributed by atoms with Crippen molar-refractivity contribution in [1.29, 1.82) is 0 Å². The van der Waals surface area contributed by atoms with E-state index in [4.69, 9.17) is 9.84 Å². The average molecular weight is 259 g/mol. The second-order valence-electron chi connectivity index (χ2n) is 5.26. The van der Waals surface area contributed by atoms with E-state index in [0.717, 1.165) is 0 Å². The highest BCUT2D eigenvalue weighted by Crippen LogP contribution is 2.36. The first-order valence-corrected chi connectivity index (χ1v) is 6.13. The van der Waals surface area contributed by atoms with Gasteiger partial charge in [0, 0.05) is 13.0 Å². The number of ether oxygens (including phenoxy) is 1. The molecule has 1 aliphatic heterocycles. The molecular weight excluding hydrogens is 238 g/mol. The molecule has 1 rings (SSSR count). The Labute approximate surface area is 107 Å². The van der Waals surface area contributed by atoms with Gasteiger partial charge >= 0.3 is 12.1 Å². The van der Waals surface area contributed by atoms with E-state index in [1.165, 1.54) is 4.90 Å². The van der Waals surface area contributed by atoms with Gasteiger partial charge in [0.2, 0.25) is 0 Å². The number of nitrogens with zero attached hydrogens (tertiary/aromatic N) is 1. The van der Waals surface area contributed by atoms with Crippen LogP contribution < -0.4 is 0 Å². The van der Waals surface area contributed by atoms with Crippen molar-refractivity contribution in [2.75, 3.05) is 6.54 Å². The maximum absolute atomic E-state index is 11.6. The van der Waals surface area contributed by atoms with E-state index in [1.807, 2.05) is 0 Å². The molecule has 0 saturated carbocycles. The Balaban J connectivity index is 2.42. The number of hydrogen-bond acceptors (Lipinski definition) is 4. The molecule has 1 saturated heterocycles. The van der Waals surface area contributed by atoms with Crippen LogP contribution in [0.1, 0.15) is 46.5 Å². The monoisotopic (exact) mass is 259 g/mol. The Morgan fingerprint density at radius 3 is 2.33 bits per heavy atom. The van der Waals surface area contributed by atoms with Gasteiger partial charge in [0.05, 0.1) is 0 Å². The zero-order chi connectivity index (χ0) is 14.0. The Hall–Kier alpha value is -1.30. The Morgan fingerprint density at radius 1 is 1.28 bits per heavy atom. The maximum atomic E-state index is 11.6. The van der Waals surface area contributed by atoms with Crippen molar-refractivity contribution in [3.8, 4) is 0 Å². The summed E-state index contributed by atoms with van der Waals surface area (Å²) in [5.74, 6) is -0.816. The molecule has 0 aromatic heterocycles. The summed E-state index contributed by atoms with van der Waals surface area (Å²) in [5, 5.41) is 18.8. The fourth-order valence-corrected chi connectivity index (χ4v) is 1.90. The van der Waals surface area contributed by atoms with Crippen LogP contribution in [-0.2, 0) is 9.53 Å². The van der Waals surface area contributed by atoms with E-state index < -0.39 is 23.4 Å². The van der Waals surface area contributed by atoms with Gasteiger partial charge in [-0.1, -0.05) is 6.42 Å². The molecule has 6 heteroatoms. The minimum absolute atomic E-state index is 0.131. The third-order valence-electron chi connectivity index (χ3n) is 3.50. The van der Waals surface area contributed by atoms with Gasteiger partial charge in [0.15, 0.2) is 11.3 Å². The lowest BCUT2D eigenvalue weighted by molar-refractivity contribution is -0.137. The zero-order valence-electron chi connectivity index (χ0n) is 11.1. The predicted octanol–water partition coefficient (Wildman–Crippen LogP) is 1.57. The average Bonchev–Trinajstić information content (AvgIpc) is 2.34. The maximum Gasteiger partial charge on any atom is 0.412 e. The fourth-order valence-electron chi connectivity index (χ4n) is 1.90. The van der Waals surface area contributed by atoms with E-state index in [2.05, 4.69) is 0 Å². The number of carbonyl (C=O) groups is 2. The van der Waals surface area contributed by atoms with Gasteiger partial charge in [0.1, 0.15) is 0 Å². The largest absolute Gasteiger partial charge is 0.481 e. The summed E-state index contributed by atoms with van der Waals surface area (Å²) >= 11 is 0. The van der Waals surface area contributed by atoms with Gasteiger partial charge in [-0.2, -0.15) is 0 Å². The molecular formula is C12H21NO5. The second kappa shape index (κ2) is 5.14. The van der Waals surface area contributed by atoms with Gasteiger partial charge in [-0.3, -0.25) is 9.69 Å². The lowest BCUT2D eigenvalue weighted by atomic mass is 9.96. The van der Waals surface area contributed by atoms with E-state index in [1.54, 1.807) is 20.8 Å². The number of amides is 1. The van der Waals surface area contributed by atoms with Crippen LogP contribution in [0.4, 0.5) is 4.79 Å². The van der Waals surface area contributed by atoms with E-state index >= 15 is 0 Å². The lowest BCUT2D eigenvalue weighted by Crippen LogP contribution is -2.53. The van der Waals surface area contributed by atoms with Crippen LogP contribution in [0, 0.1) is 0 Å². The number of aliphatic hydroxyl groups is 1. The van der Waals surface area contributed by atoms with Gasteiger partial charge in [-0.05, 0) is 33.6 Å². The standard InChI is InChI=1S/C12H21NO5/c1-11(2)12(3,17)13(10(16)18-11)8-6-4-5-7-9(14)15/h17H,4-8H2,1-3H3,(H,14,15)/t12-/m0/s1. The van der Waals surface area contributed by atoms with Crippen molar-refractivity contribution in [3.05, 3.63) is 0 Å². The molecule has 18 heavy (non-hydrogen) atoms. The molecule has 104 valence electrons. The highest BCUT2D eigenvalue weighted by atomic mass is 16.6. The number of cyclic esters (lactones) is 1. The van der Waals surface area contributed by atoms with Crippen molar-refractivity contribution in [3.63, 3.8) is 0 Å². The third kappa shape index (κ3) is 2.93. The van der Waals surface area contributed by atoms with Crippen molar-refractivity contribution < 1.29 is 24.5 Å². The first-order chi connectivity index (χ1) is 8.18. The van der Waals surface area contributed by atoms with Crippen LogP contribution >= 0.6 is 0 Å². The summed E-state index contributed by atoms with van der Waals surface area (Å²) in [5.41, 5.74) is -2.28. The number of carbonyl (C=O) groups excluding carboxylic acids is 1. The molecule has 0 spiro atoms. The predicted molar refractivity (Wildman–Crippen MR) is 64.0 cm³/mol. The quantitative estimate of drug-likeness (QED) is 0.707. The Kier molecular flexibility index (Phi) is 4.21. The summed E-state index contributed by atoms with van der Waals surface area (Å²) in [6, 6.07) is 0. The molecule has 0 aliphatic carbocycles. The van der Waals surface area contributed by atoms with Crippen LogP contribution in [-0.4, -0.2) is 45.0 Å². The molecule has 1 amide bonds. The number of carboxylic acids is 1. The summed E-state index contributed by atoms with van der Waals surface area (Å²) in [7, 11) is 0. The summed E-state index contributed by atoms with van der Waals surface area (Å²) in [6.07, 6.45) is 1.53. The van der Waals surface area contributed by atoms with Crippen LogP contribution in [0.3, 0.4) is 0 Å². The molecule has 1 heterocycles.